The first-order valence-electron chi connectivity index (χ1n) is 8.65. The van der Waals surface area contributed by atoms with Gasteiger partial charge in [-0.15, -0.1) is 0 Å². The number of carbonyl (C=O) groups excluding carboxylic acids is 1. The van der Waals surface area contributed by atoms with Crippen molar-refractivity contribution in [2.24, 2.45) is 0 Å². The molecular weight excluding hydrogens is 391 g/mol. The number of anilines is 1. The minimum Gasteiger partial charge on any atom is -0.355 e. The van der Waals surface area contributed by atoms with Gasteiger partial charge in [0.25, 0.3) is 10.0 Å². The molecule has 1 saturated carbocycles. The largest absolute Gasteiger partial charge is 0.355 e. The van der Waals surface area contributed by atoms with E-state index in [0.717, 1.165) is 43.0 Å². The van der Waals surface area contributed by atoms with Crippen LogP contribution in [0.15, 0.2) is 47.4 Å². The first-order valence-corrected chi connectivity index (χ1v) is 10.5. The summed E-state index contributed by atoms with van der Waals surface area (Å²) in [5, 5.41) is 2.66. The maximum atomic E-state index is 13.2. The zero-order chi connectivity index (χ0) is 19.7. The highest BCUT2D eigenvalue weighted by atomic mass is 35.5. The maximum absolute atomic E-state index is 13.2. The van der Waals surface area contributed by atoms with E-state index in [9.17, 15) is 17.6 Å². The van der Waals surface area contributed by atoms with E-state index < -0.39 is 21.3 Å². The minimum atomic E-state index is -3.89. The number of hydrogen-bond donors (Lipinski definition) is 2. The molecule has 0 atom stereocenters. The molecule has 0 radical (unpaired) electrons. The highest BCUT2D eigenvalue weighted by molar-refractivity contribution is 7.92. The number of hydrogen-bond acceptors (Lipinski definition) is 3. The number of carbonyl (C=O) groups is 1. The normalized spacial score (nSPS) is 15.2. The van der Waals surface area contributed by atoms with Crippen molar-refractivity contribution in [2.75, 3.05) is 11.3 Å². The summed E-state index contributed by atoms with van der Waals surface area (Å²) < 4.78 is 40.5. The molecule has 1 aliphatic carbocycles. The van der Waals surface area contributed by atoms with Crippen LogP contribution in [0.4, 0.5) is 10.1 Å². The molecule has 2 aromatic carbocycles. The standard InChI is InChI=1S/C19H20ClFN2O3S/c1-2-11-22-18(24)19(9-10-19)13-3-5-14(6-4-13)23-27(25,26)15-7-8-17(21)16(20)12-15/h3-8,12,23H,2,9-11H2,1H3,(H,22,24). The van der Waals surface area contributed by atoms with Crippen LogP contribution >= 0.6 is 11.6 Å². The second-order valence-electron chi connectivity index (χ2n) is 6.60. The molecule has 0 saturated heterocycles. The third kappa shape index (κ3) is 4.09. The summed E-state index contributed by atoms with van der Waals surface area (Å²) >= 11 is 5.66. The summed E-state index contributed by atoms with van der Waals surface area (Å²) in [6.07, 6.45) is 2.43. The van der Waals surface area contributed by atoms with Gasteiger partial charge in [-0.1, -0.05) is 30.7 Å². The first kappa shape index (κ1) is 19.6. The molecule has 0 unspecified atom stereocenters. The van der Waals surface area contributed by atoms with Crippen LogP contribution in [0.3, 0.4) is 0 Å². The second kappa shape index (κ2) is 7.48. The van der Waals surface area contributed by atoms with Crippen molar-refractivity contribution >= 4 is 33.2 Å². The maximum Gasteiger partial charge on any atom is 0.261 e. The zero-order valence-corrected chi connectivity index (χ0v) is 16.3. The van der Waals surface area contributed by atoms with Crippen molar-refractivity contribution in [3.63, 3.8) is 0 Å². The van der Waals surface area contributed by atoms with Gasteiger partial charge in [-0.3, -0.25) is 9.52 Å². The van der Waals surface area contributed by atoms with Gasteiger partial charge in [-0.2, -0.15) is 0 Å². The Hall–Kier alpha value is -2.12. The number of nitrogens with one attached hydrogen (secondary N) is 2. The van der Waals surface area contributed by atoms with Crippen LogP contribution in [0.1, 0.15) is 31.7 Å². The Balaban J connectivity index is 1.76. The fourth-order valence-corrected chi connectivity index (χ4v) is 4.22. The van der Waals surface area contributed by atoms with E-state index in [0.29, 0.717) is 12.2 Å². The molecule has 2 aromatic rings. The molecule has 0 aromatic heterocycles. The molecule has 0 bridgehead atoms. The average Bonchev–Trinajstić information content (AvgIpc) is 3.44. The summed E-state index contributed by atoms with van der Waals surface area (Å²) in [5.41, 5.74) is 0.713. The van der Waals surface area contributed by atoms with Crippen LogP contribution in [0, 0.1) is 5.82 Å². The molecule has 8 heteroatoms. The summed E-state index contributed by atoms with van der Waals surface area (Å²) in [4.78, 5) is 12.2. The number of halogens is 2. The van der Waals surface area contributed by atoms with E-state index in [1.54, 1.807) is 24.3 Å². The van der Waals surface area contributed by atoms with Crippen LogP contribution in [0.5, 0.6) is 0 Å². The van der Waals surface area contributed by atoms with Crippen LogP contribution < -0.4 is 10.0 Å². The smallest absolute Gasteiger partial charge is 0.261 e. The van der Waals surface area contributed by atoms with Gasteiger partial charge in [-0.25, -0.2) is 12.8 Å². The molecule has 3 rings (SSSR count). The van der Waals surface area contributed by atoms with Crippen LogP contribution in [-0.2, 0) is 20.2 Å². The van der Waals surface area contributed by atoms with Gasteiger partial charge >= 0.3 is 0 Å². The van der Waals surface area contributed by atoms with Gasteiger partial charge in [0, 0.05) is 12.2 Å². The SMILES string of the molecule is CCCNC(=O)C1(c2ccc(NS(=O)(=O)c3ccc(F)c(Cl)c3)cc2)CC1. The zero-order valence-electron chi connectivity index (χ0n) is 14.8. The molecule has 0 aliphatic heterocycles. The summed E-state index contributed by atoms with van der Waals surface area (Å²) in [5.74, 6) is -0.672. The van der Waals surface area contributed by atoms with Gasteiger partial charge in [0.05, 0.1) is 15.3 Å². The van der Waals surface area contributed by atoms with E-state index in [-0.39, 0.29) is 15.8 Å². The predicted molar refractivity (Wildman–Crippen MR) is 103 cm³/mol. The Morgan fingerprint density at radius 2 is 1.85 bits per heavy atom. The monoisotopic (exact) mass is 410 g/mol. The lowest BCUT2D eigenvalue weighted by Gasteiger charge is -2.16. The van der Waals surface area contributed by atoms with Crippen molar-refractivity contribution < 1.29 is 17.6 Å². The number of sulfonamides is 1. The van der Waals surface area contributed by atoms with Crippen LogP contribution in [0.2, 0.25) is 5.02 Å². The van der Waals surface area contributed by atoms with E-state index >= 15 is 0 Å². The Labute approximate surface area is 163 Å². The van der Waals surface area contributed by atoms with Gasteiger partial charge in [0.2, 0.25) is 5.91 Å². The summed E-state index contributed by atoms with van der Waals surface area (Å²) in [6.45, 7) is 2.63. The van der Waals surface area contributed by atoms with Gasteiger partial charge < -0.3 is 5.32 Å². The Morgan fingerprint density at radius 3 is 2.41 bits per heavy atom. The molecule has 2 N–H and O–H groups in total. The van der Waals surface area contributed by atoms with E-state index in [1.165, 1.54) is 0 Å². The fourth-order valence-electron chi connectivity index (χ4n) is 2.89. The Morgan fingerprint density at radius 1 is 1.19 bits per heavy atom. The molecule has 27 heavy (non-hydrogen) atoms. The van der Waals surface area contributed by atoms with E-state index in [2.05, 4.69) is 10.0 Å². The molecule has 1 fully saturated rings. The number of benzene rings is 2. The molecule has 5 nitrogen and oxygen atoms in total. The lowest BCUT2D eigenvalue weighted by Crippen LogP contribution is -2.35. The third-order valence-electron chi connectivity index (χ3n) is 4.61. The number of amides is 1. The molecule has 1 amide bonds. The van der Waals surface area contributed by atoms with Crippen molar-refractivity contribution in [2.45, 2.75) is 36.5 Å². The number of rotatable bonds is 7. The quantitative estimate of drug-likeness (QED) is 0.728. The summed E-state index contributed by atoms with van der Waals surface area (Å²) in [6, 6.07) is 9.96. The van der Waals surface area contributed by atoms with Crippen LogP contribution in [-0.4, -0.2) is 20.9 Å². The second-order valence-corrected chi connectivity index (χ2v) is 8.69. The minimum absolute atomic E-state index is 0.0126. The van der Waals surface area contributed by atoms with Gasteiger partial charge in [-0.05, 0) is 55.2 Å². The molecule has 0 heterocycles. The Bertz CT molecular complexity index is 957. The molecular formula is C19H20ClFN2O3S. The van der Waals surface area contributed by atoms with Crippen molar-refractivity contribution in [3.8, 4) is 0 Å². The van der Waals surface area contributed by atoms with Crippen molar-refractivity contribution in [1.82, 2.24) is 5.32 Å². The lowest BCUT2D eigenvalue weighted by molar-refractivity contribution is -0.123. The van der Waals surface area contributed by atoms with Gasteiger partial charge in [0.1, 0.15) is 5.82 Å². The highest BCUT2D eigenvalue weighted by Gasteiger charge is 2.50. The lowest BCUT2D eigenvalue weighted by atomic mass is 9.95. The van der Waals surface area contributed by atoms with Gasteiger partial charge in [0.15, 0.2) is 0 Å². The average molecular weight is 411 g/mol. The molecule has 1 aliphatic rings. The highest BCUT2D eigenvalue weighted by Crippen LogP contribution is 2.48. The molecule has 0 spiro atoms. The molecule has 144 valence electrons. The van der Waals surface area contributed by atoms with Crippen molar-refractivity contribution in [3.05, 3.63) is 58.9 Å². The third-order valence-corrected chi connectivity index (χ3v) is 6.28. The van der Waals surface area contributed by atoms with E-state index in [1.807, 2.05) is 6.92 Å². The van der Waals surface area contributed by atoms with E-state index in [4.69, 9.17) is 11.6 Å². The Kier molecular flexibility index (Phi) is 5.44. The topological polar surface area (TPSA) is 75.3 Å². The predicted octanol–water partition coefficient (Wildman–Crippen LogP) is 3.84. The fraction of sp³-hybridized carbons (Fsp3) is 0.316. The first-order chi connectivity index (χ1) is 12.8. The van der Waals surface area contributed by atoms with Crippen LogP contribution in [0.25, 0.3) is 0 Å². The van der Waals surface area contributed by atoms with Crippen molar-refractivity contribution in [1.29, 1.82) is 0 Å². The summed E-state index contributed by atoms with van der Waals surface area (Å²) in [7, 11) is -3.89.